The van der Waals surface area contributed by atoms with Crippen LogP contribution in [-0.2, 0) is 21.6 Å². The maximum Gasteiger partial charge on any atom is 0.394 e. The molecular formula is C9H12O8S. The summed E-state index contributed by atoms with van der Waals surface area (Å²) in [5.41, 5.74) is 0.692. The van der Waals surface area contributed by atoms with Gasteiger partial charge in [0.25, 0.3) is 0 Å². The summed E-state index contributed by atoms with van der Waals surface area (Å²) in [6, 6.07) is 4.28. The molecule has 1 aromatic rings. The van der Waals surface area contributed by atoms with Crippen molar-refractivity contribution in [2.45, 2.75) is 12.8 Å². The van der Waals surface area contributed by atoms with Crippen molar-refractivity contribution in [1.82, 2.24) is 0 Å². The molecule has 0 spiro atoms. The van der Waals surface area contributed by atoms with E-state index in [2.05, 4.69) is 0 Å². The Bertz CT molecular complexity index is 499. The predicted octanol–water partition coefficient (Wildman–Crippen LogP) is 0.462. The fraction of sp³-hybridized carbons (Fsp3) is 0.222. The number of rotatable bonds is 3. The van der Waals surface area contributed by atoms with Crippen LogP contribution in [0.15, 0.2) is 18.2 Å². The van der Waals surface area contributed by atoms with Gasteiger partial charge in [-0.15, -0.1) is 0 Å². The van der Waals surface area contributed by atoms with Crippen molar-refractivity contribution in [3.63, 3.8) is 0 Å². The summed E-state index contributed by atoms with van der Waals surface area (Å²) in [7, 11) is -4.67. The Balaban J connectivity index is 0.000000494. The first-order chi connectivity index (χ1) is 8.09. The molecule has 9 heteroatoms. The summed E-state index contributed by atoms with van der Waals surface area (Å²) < 4.78 is 31.6. The lowest BCUT2D eigenvalue weighted by molar-refractivity contribution is -0.136. The molecule has 0 aliphatic heterocycles. The molecule has 0 fully saturated rings. The summed E-state index contributed by atoms with van der Waals surface area (Å²) in [5.74, 6) is -1.30. The highest BCUT2D eigenvalue weighted by Crippen LogP contribution is 2.25. The van der Waals surface area contributed by atoms with Crippen LogP contribution in [-0.4, -0.2) is 38.8 Å². The van der Waals surface area contributed by atoms with E-state index >= 15 is 0 Å². The number of hydrogen-bond acceptors (Lipinski definition) is 5. The van der Waals surface area contributed by atoms with E-state index in [4.69, 9.17) is 32.8 Å². The Kier molecular flexibility index (Phi) is 6.09. The molecule has 8 nitrogen and oxygen atoms in total. The minimum atomic E-state index is -4.67. The monoisotopic (exact) mass is 280 g/mol. The van der Waals surface area contributed by atoms with Gasteiger partial charge in [0.2, 0.25) is 0 Å². The Hall–Kier alpha value is -1.84. The van der Waals surface area contributed by atoms with Gasteiger partial charge in [-0.25, -0.2) is 0 Å². The number of carbonyl (C=O) groups is 1. The van der Waals surface area contributed by atoms with Crippen LogP contribution < -0.4 is 0 Å². The van der Waals surface area contributed by atoms with Crippen molar-refractivity contribution < 1.29 is 37.6 Å². The van der Waals surface area contributed by atoms with Gasteiger partial charge in [0.1, 0.15) is 0 Å². The third kappa shape index (κ3) is 9.39. The molecule has 0 aliphatic rings. The van der Waals surface area contributed by atoms with Crippen molar-refractivity contribution in [3.8, 4) is 11.5 Å². The Morgan fingerprint density at radius 1 is 1.11 bits per heavy atom. The predicted molar refractivity (Wildman–Crippen MR) is 59.9 cm³/mol. The maximum atomic E-state index is 10.2. The number of carboxylic acids is 1. The second-order valence-corrected chi connectivity index (χ2v) is 4.06. The molecule has 0 aliphatic carbocycles. The van der Waals surface area contributed by atoms with E-state index in [1.54, 1.807) is 6.07 Å². The molecule has 0 atom stereocenters. The minimum absolute atomic E-state index is 0.0181. The molecule has 0 saturated heterocycles. The van der Waals surface area contributed by atoms with Crippen molar-refractivity contribution >= 4 is 16.4 Å². The largest absolute Gasteiger partial charge is 0.504 e. The molecule has 0 radical (unpaired) electrons. The number of benzene rings is 1. The first kappa shape index (κ1) is 16.2. The number of aliphatic carboxylic acids is 1. The zero-order valence-electron chi connectivity index (χ0n) is 9.02. The number of aromatic hydroxyl groups is 2. The van der Waals surface area contributed by atoms with Crippen LogP contribution in [0.3, 0.4) is 0 Å². The van der Waals surface area contributed by atoms with Gasteiger partial charge in [-0.2, -0.15) is 8.42 Å². The van der Waals surface area contributed by atoms with E-state index in [0.717, 1.165) is 0 Å². The summed E-state index contributed by atoms with van der Waals surface area (Å²) in [6.07, 6.45) is 0.368. The molecule has 0 aromatic heterocycles. The van der Waals surface area contributed by atoms with Gasteiger partial charge in [0.15, 0.2) is 11.5 Å². The molecule has 0 heterocycles. The van der Waals surface area contributed by atoms with Gasteiger partial charge < -0.3 is 15.3 Å². The molecule has 0 saturated carbocycles. The Labute approximate surface area is 103 Å². The highest BCUT2D eigenvalue weighted by Gasteiger charge is 2.02. The molecule has 1 aromatic carbocycles. The van der Waals surface area contributed by atoms with Crippen molar-refractivity contribution in [1.29, 1.82) is 0 Å². The van der Waals surface area contributed by atoms with Crippen LogP contribution in [0.25, 0.3) is 0 Å². The van der Waals surface area contributed by atoms with E-state index in [0.29, 0.717) is 12.0 Å². The summed E-state index contributed by atoms with van der Waals surface area (Å²) >= 11 is 0. The van der Waals surface area contributed by atoms with Crippen molar-refractivity contribution in [2.75, 3.05) is 0 Å². The molecule has 0 amide bonds. The lowest BCUT2D eigenvalue weighted by atomic mass is 10.1. The van der Waals surface area contributed by atoms with Gasteiger partial charge in [0.05, 0.1) is 0 Å². The molecule has 18 heavy (non-hydrogen) atoms. The molecule has 102 valence electrons. The van der Waals surface area contributed by atoms with Crippen LogP contribution in [0.5, 0.6) is 11.5 Å². The molecule has 0 bridgehead atoms. The van der Waals surface area contributed by atoms with Crippen molar-refractivity contribution in [2.24, 2.45) is 0 Å². The highest BCUT2D eigenvalue weighted by atomic mass is 32.3. The van der Waals surface area contributed by atoms with Gasteiger partial charge in [-0.05, 0) is 24.1 Å². The average Bonchev–Trinajstić information content (AvgIpc) is 2.17. The highest BCUT2D eigenvalue weighted by molar-refractivity contribution is 7.79. The summed E-state index contributed by atoms with van der Waals surface area (Å²) in [5, 5.41) is 26.4. The van der Waals surface area contributed by atoms with Crippen LogP contribution in [0.1, 0.15) is 12.0 Å². The lowest BCUT2D eigenvalue weighted by Gasteiger charge is -2.01. The van der Waals surface area contributed by atoms with Gasteiger partial charge in [0, 0.05) is 6.42 Å². The standard InChI is InChI=1S/C9H10O4.H2O4S/c10-7-3-1-6(5-8(7)11)2-4-9(12)13;1-5(2,3)4/h1,3,5,10-11H,2,4H2,(H,12,13);(H2,1,2,3,4). The third-order valence-electron chi connectivity index (χ3n) is 1.67. The van der Waals surface area contributed by atoms with E-state index < -0.39 is 16.4 Å². The zero-order valence-corrected chi connectivity index (χ0v) is 9.83. The van der Waals surface area contributed by atoms with Crippen LogP contribution >= 0.6 is 0 Å². The van der Waals surface area contributed by atoms with E-state index in [-0.39, 0.29) is 17.9 Å². The van der Waals surface area contributed by atoms with E-state index in [9.17, 15) is 4.79 Å². The topological polar surface area (TPSA) is 152 Å². The number of carboxylic acid groups (broad SMARTS) is 1. The van der Waals surface area contributed by atoms with Crippen LogP contribution in [0, 0.1) is 0 Å². The fourth-order valence-electron chi connectivity index (χ4n) is 0.976. The minimum Gasteiger partial charge on any atom is -0.504 e. The van der Waals surface area contributed by atoms with E-state index in [1.165, 1.54) is 12.1 Å². The zero-order chi connectivity index (χ0) is 14.3. The summed E-state index contributed by atoms with van der Waals surface area (Å²) in [6.45, 7) is 0. The average molecular weight is 280 g/mol. The van der Waals surface area contributed by atoms with Crippen LogP contribution in [0.4, 0.5) is 0 Å². The molecule has 1 rings (SSSR count). The SMILES string of the molecule is O=C(O)CCc1ccc(O)c(O)c1.O=S(=O)(O)O. The maximum absolute atomic E-state index is 10.2. The van der Waals surface area contributed by atoms with Gasteiger partial charge >= 0.3 is 16.4 Å². The Morgan fingerprint density at radius 3 is 2.00 bits per heavy atom. The number of phenols is 2. The first-order valence-electron chi connectivity index (χ1n) is 4.52. The quantitative estimate of drug-likeness (QED) is 0.395. The van der Waals surface area contributed by atoms with Crippen LogP contribution in [0.2, 0.25) is 0 Å². The second kappa shape index (κ2) is 6.79. The first-order valence-corrected chi connectivity index (χ1v) is 5.92. The molecular weight excluding hydrogens is 268 g/mol. The fourth-order valence-corrected chi connectivity index (χ4v) is 0.976. The number of hydrogen-bond donors (Lipinski definition) is 5. The molecule has 5 N–H and O–H groups in total. The Morgan fingerprint density at radius 2 is 1.61 bits per heavy atom. The van der Waals surface area contributed by atoms with Gasteiger partial charge in [-0.1, -0.05) is 6.07 Å². The second-order valence-electron chi connectivity index (χ2n) is 3.16. The van der Waals surface area contributed by atoms with E-state index in [1.807, 2.05) is 0 Å². The van der Waals surface area contributed by atoms with Gasteiger partial charge in [-0.3, -0.25) is 13.9 Å². The lowest BCUT2D eigenvalue weighted by Crippen LogP contribution is -1.96. The molecule has 0 unspecified atom stereocenters. The normalized spacial score (nSPS) is 10.3. The number of phenolic OH excluding ortho intramolecular Hbond substituents is 2. The smallest absolute Gasteiger partial charge is 0.394 e. The van der Waals surface area contributed by atoms with Crippen molar-refractivity contribution in [3.05, 3.63) is 23.8 Å². The summed E-state index contributed by atoms with van der Waals surface area (Å²) in [4.78, 5) is 10.2. The third-order valence-corrected chi connectivity index (χ3v) is 1.67. The number of aryl methyl sites for hydroxylation is 1.